The van der Waals surface area contributed by atoms with Crippen LogP contribution in [-0.4, -0.2) is 31.6 Å². The molecule has 210 valence electrons. The second-order valence-corrected chi connectivity index (χ2v) is 10.6. The normalized spacial score (nSPS) is 11.7. The van der Waals surface area contributed by atoms with Crippen LogP contribution in [0.15, 0.2) is 72.9 Å². The maximum atomic E-state index is 14.0. The molecule has 0 spiro atoms. The van der Waals surface area contributed by atoms with Crippen LogP contribution in [0.2, 0.25) is 0 Å². The molecule has 4 aromatic heterocycles. The van der Waals surface area contributed by atoms with Gasteiger partial charge in [0.2, 0.25) is 0 Å². The molecule has 0 aliphatic carbocycles. The molecule has 0 atom stereocenters. The van der Waals surface area contributed by atoms with Crippen LogP contribution in [0.25, 0.3) is 43.5 Å². The van der Waals surface area contributed by atoms with Gasteiger partial charge in [-0.2, -0.15) is 18.3 Å². The van der Waals surface area contributed by atoms with Gasteiger partial charge in [0.25, 0.3) is 11.8 Å². The molecule has 4 heterocycles. The van der Waals surface area contributed by atoms with E-state index in [-0.39, 0.29) is 31.9 Å². The number of amides is 2. The number of hydrogen-bond acceptors (Lipinski definition) is 6. The molecule has 0 aliphatic rings. The van der Waals surface area contributed by atoms with Gasteiger partial charge in [-0.3, -0.25) is 14.3 Å². The van der Waals surface area contributed by atoms with Crippen molar-refractivity contribution >= 4 is 50.0 Å². The number of thiophene rings is 1. The van der Waals surface area contributed by atoms with Crippen molar-refractivity contribution in [2.75, 3.05) is 5.32 Å². The number of hydrogen-bond donors (Lipinski definition) is 2. The molecular formula is C30H21F3N6O2S. The van der Waals surface area contributed by atoms with Gasteiger partial charge in [0, 0.05) is 29.6 Å². The number of aromatic nitrogens is 4. The van der Waals surface area contributed by atoms with E-state index in [0.717, 1.165) is 11.6 Å². The van der Waals surface area contributed by atoms with Gasteiger partial charge in [-0.15, -0.1) is 11.3 Å². The molecule has 8 nitrogen and oxygen atoms in total. The van der Waals surface area contributed by atoms with Crippen molar-refractivity contribution in [1.29, 1.82) is 0 Å². The molecule has 6 rings (SSSR count). The summed E-state index contributed by atoms with van der Waals surface area (Å²) in [5.41, 5.74) is 7.88. The first-order valence-electron chi connectivity index (χ1n) is 12.6. The number of carbonyl (C=O) groups excluding carboxylic acids is 2. The minimum Gasteiger partial charge on any atom is -0.365 e. The van der Waals surface area contributed by atoms with Crippen molar-refractivity contribution in [2.24, 2.45) is 12.8 Å². The largest absolute Gasteiger partial charge is 0.433 e. The Hall–Kier alpha value is -5.10. The van der Waals surface area contributed by atoms with E-state index in [2.05, 4.69) is 15.4 Å². The number of alkyl halides is 3. The highest BCUT2D eigenvalue weighted by Crippen LogP contribution is 2.44. The van der Waals surface area contributed by atoms with E-state index < -0.39 is 23.7 Å². The molecule has 2 amide bonds. The number of rotatable bonds is 5. The lowest BCUT2D eigenvalue weighted by Gasteiger charge is -2.13. The third-order valence-electron chi connectivity index (χ3n) is 6.75. The van der Waals surface area contributed by atoms with Crippen LogP contribution < -0.4 is 11.1 Å². The van der Waals surface area contributed by atoms with Gasteiger partial charge in [0.05, 0.1) is 28.2 Å². The van der Waals surface area contributed by atoms with E-state index in [1.807, 2.05) is 6.92 Å². The summed E-state index contributed by atoms with van der Waals surface area (Å²) in [5.74, 6) is -1.51. The number of carbonyl (C=O) groups is 2. The summed E-state index contributed by atoms with van der Waals surface area (Å²) in [5, 5.41) is 7.89. The number of nitrogens with zero attached hydrogens (tertiary/aromatic N) is 4. The summed E-state index contributed by atoms with van der Waals surface area (Å²) in [4.78, 5) is 34.8. The van der Waals surface area contributed by atoms with Gasteiger partial charge in [0.15, 0.2) is 0 Å². The Labute approximate surface area is 240 Å². The zero-order chi connectivity index (χ0) is 29.8. The topological polar surface area (TPSA) is 116 Å². The second kappa shape index (κ2) is 10.1. The van der Waals surface area contributed by atoms with Crippen molar-refractivity contribution in [2.45, 2.75) is 13.1 Å². The fraction of sp³-hybridized carbons (Fsp3) is 0.100. The number of benzene rings is 2. The summed E-state index contributed by atoms with van der Waals surface area (Å²) in [6.07, 6.45) is -2.95. The Morgan fingerprint density at radius 3 is 2.36 bits per heavy atom. The third-order valence-corrected chi connectivity index (χ3v) is 7.85. The molecule has 0 fully saturated rings. The summed E-state index contributed by atoms with van der Waals surface area (Å²) < 4.78 is 43.1. The molecule has 0 saturated heterocycles. The fourth-order valence-electron chi connectivity index (χ4n) is 4.91. The lowest BCUT2D eigenvalue weighted by molar-refractivity contribution is -0.140. The van der Waals surface area contributed by atoms with Crippen molar-refractivity contribution in [1.82, 2.24) is 19.7 Å². The molecule has 0 unspecified atom stereocenters. The number of nitrogens with one attached hydrogen (secondary N) is 1. The van der Waals surface area contributed by atoms with Crippen LogP contribution >= 0.6 is 11.3 Å². The first-order valence-corrected chi connectivity index (χ1v) is 13.4. The highest BCUT2D eigenvalue weighted by atomic mass is 32.1. The molecule has 0 aliphatic heterocycles. The highest BCUT2D eigenvalue weighted by Gasteiger charge is 2.35. The summed E-state index contributed by atoms with van der Waals surface area (Å²) >= 11 is 0.693. The predicted octanol–water partition coefficient (Wildman–Crippen LogP) is 6.59. The zero-order valence-corrected chi connectivity index (χ0v) is 23.0. The molecule has 6 aromatic rings. The first-order chi connectivity index (χ1) is 20.0. The average molecular weight is 587 g/mol. The fourth-order valence-corrected chi connectivity index (χ4v) is 5.92. The number of fused-ring (bicyclic) bond motifs is 2. The van der Waals surface area contributed by atoms with Crippen LogP contribution in [0, 0.1) is 6.92 Å². The van der Waals surface area contributed by atoms with E-state index in [0.29, 0.717) is 39.2 Å². The molecule has 0 bridgehead atoms. The minimum absolute atomic E-state index is 0.00687. The molecule has 0 radical (unpaired) electrons. The monoisotopic (exact) mass is 586 g/mol. The zero-order valence-electron chi connectivity index (χ0n) is 22.2. The van der Waals surface area contributed by atoms with Gasteiger partial charge in [-0.05, 0) is 36.2 Å². The Morgan fingerprint density at radius 1 is 0.976 bits per heavy atom. The molecule has 42 heavy (non-hydrogen) atoms. The number of nitrogens with two attached hydrogens (primary N) is 1. The van der Waals surface area contributed by atoms with E-state index in [9.17, 15) is 22.8 Å². The average Bonchev–Trinajstić information content (AvgIpc) is 3.50. The number of para-hydroxylation sites is 1. The van der Waals surface area contributed by atoms with Crippen molar-refractivity contribution in [3.63, 3.8) is 0 Å². The number of halogens is 3. The number of aryl methyl sites for hydroxylation is 2. The lowest BCUT2D eigenvalue weighted by atomic mass is 10.0. The van der Waals surface area contributed by atoms with Crippen molar-refractivity contribution in [3.05, 3.63) is 94.8 Å². The van der Waals surface area contributed by atoms with Crippen LogP contribution in [0.4, 0.5) is 18.9 Å². The van der Waals surface area contributed by atoms with Crippen LogP contribution in [0.1, 0.15) is 31.4 Å². The predicted molar refractivity (Wildman–Crippen MR) is 155 cm³/mol. The van der Waals surface area contributed by atoms with Crippen LogP contribution in [0.5, 0.6) is 0 Å². The Morgan fingerprint density at radius 2 is 1.69 bits per heavy atom. The SMILES string of the molecule is Cc1nn(C)cc1-c1cc(C(=O)Nc2c(C(N)=O)sc3nc(C(F)(F)F)cc(-c4ccccc4)c23)c2ccccc2n1. The van der Waals surface area contributed by atoms with Gasteiger partial charge in [0.1, 0.15) is 15.4 Å². The molecule has 3 N–H and O–H groups in total. The lowest BCUT2D eigenvalue weighted by Crippen LogP contribution is -2.17. The quantitative estimate of drug-likeness (QED) is 0.236. The summed E-state index contributed by atoms with van der Waals surface area (Å²) in [6.45, 7) is 1.83. The Balaban J connectivity index is 1.57. The van der Waals surface area contributed by atoms with Gasteiger partial charge in [-0.1, -0.05) is 48.5 Å². The maximum absolute atomic E-state index is 14.0. The number of primary amides is 1. The van der Waals surface area contributed by atoms with E-state index in [1.165, 1.54) is 0 Å². The summed E-state index contributed by atoms with van der Waals surface area (Å²) in [7, 11) is 1.78. The summed E-state index contributed by atoms with van der Waals surface area (Å²) in [6, 6.07) is 18.0. The Kier molecular flexibility index (Phi) is 6.49. The van der Waals surface area contributed by atoms with Gasteiger partial charge < -0.3 is 11.1 Å². The number of pyridine rings is 2. The molecule has 12 heteroatoms. The first kappa shape index (κ1) is 27.1. The Bertz CT molecular complexity index is 2030. The standard InChI is InChI=1S/C30H21F3N6O2S/c1-15-20(14-39(2)38-15)22-12-19(17-10-6-7-11-21(17)35-22)28(41)37-25-24-18(16-8-4-3-5-9-16)13-23(30(31,32)33)36-29(24)42-26(25)27(34)40/h3-14H,1-2H3,(H2,34,40)(H,37,41). The molecule has 0 saturated carbocycles. The molecular weight excluding hydrogens is 565 g/mol. The van der Waals surface area contributed by atoms with E-state index in [4.69, 9.17) is 10.7 Å². The van der Waals surface area contributed by atoms with Gasteiger partial charge >= 0.3 is 6.18 Å². The minimum atomic E-state index is -4.74. The van der Waals surface area contributed by atoms with Crippen molar-refractivity contribution < 1.29 is 22.8 Å². The van der Waals surface area contributed by atoms with Crippen molar-refractivity contribution in [3.8, 4) is 22.4 Å². The second-order valence-electron chi connectivity index (χ2n) is 9.60. The van der Waals surface area contributed by atoms with E-state index in [1.54, 1.807) is 78.6 Å². The van der Waals surface area contributed by atoms with E-state index >= 15 is 0 Å². The smallest absolute Gasteiger partial charge is 0.365 e. The van der Waals surface area contributed by atoms with Crippen LogP contribution in [-0.2, 0) is 13.2 Å². The number of anilines is 1. The molecule has 2 aromatic carbocycles. The van der Waals surface area contributed by atoms with Gasteiger partial charge in [-0.25, -0.2) is 9.97 Å². The van der Waals surface area contributed by atoms with Crippen LogP contribution in [0.3, 0.4) is 0 Å². The third kappa shape index (κ3) is 4.75. The highest BCUT2D eigenvalue weighted by molar-refractivity contribution is 7.21. The maximum Gasteiger partial charge on any atom is 0.433 e.